The van der Waals surface area contributed by atoms with Gasteiger partial charge in [-0.2, -0.15) is 0 Å². The average Bonchev–Trinajstić information content (AvgIpc) is 2.56. The maximum atomic E-state index is 6.44. The molecule has 0 aromatic heterocycles. The molecule has 0 saturated heterocycles. The quantitative estimate of drug-likeness (QED) is 0.673. The Morgan fingerprint density at radius 3 is 2.37 bits per heavy atom. The molecule has 0 saturated carbocycles. The molecule has 0 N–H and O–H groups in total. The van der Waals surface area contributed by atoms with Crippen molar-refractivity contribution in [1.29, 1.82) is 0 Å². The van der Waals surface area contributed by atoms with Gasteiger partial charge in [-0.3, -0.25) is 0 Å². The molecule has 0 amide bonds. The number of hydrogen-bond acceptors (Lipinski definition) is 1. The fourth-order valence-electron chi connectivity index (χ4n) is 2.60. The number of hydrogen-bond donors (Lipinski definition) is 0. The number of anilines is 2. The highest BCUT2D eigenvalue weighted by atomic mass is 35.5. The van der Waals surface area contributed by atoms with E-state index in [0.717, 1.165) is 16.3 Å². The lowest BCUT2D eigenvalue weighted by molar-refractivity contribution is 0.788. The SMILES string of the molecule is CC(C)N1c2ccccc2C=Cc2cccc(Cl)c21. The van der Waals surface area contributed by atoms with Crippen LogP contribution < -0.4 is 4.90 Å². The van der Waals surface area contributed by atoms with Crippen molar-refractivity contribution in [3.05, 3.63) is 58.6 Å². The minimum Gasteiger partial charge on any atom is -0.337 e. The van der Waals surface area contributed by atoms with Gasteiger partial charge < -0.3 is 4.90 Å². The van der Waals surface area contributed by atoms with Gasteiger partial charge in [0, 0.05) is 11.7 Å². The summed E-state index contributed by atoms with van der Waals surface area (Å²) in [6.07, 6.45) is 4.30. The number of fused-ring (bicyclic) bond motifs is 2. The third-order valence-corrected chi connectivity index (χ3v) is 3.72. The predicted octanol–water partition coefficient (Wildman–Crippen LogP) is 5.37. The fourth-order valence-corrected chi connectivity index (χ4v) is 2.88. The van der Waals surface area contributed by atoms with E-state index in [1.807, 2.05) is 12.1 Å². The molecule has 1 heterocycles. The van der Waals surface area contributed by atoms with Crippen LogP contribution in [0.3, 0.4) is 0 Å². The molecule has 1 aliphatic heterocycles. The molecule has 2 aromatic carbocycles. The molecule has 19 heavy (non-hydrogen) atoms. The van der Waals surface area contributed by atoms with E-state index >= 15 is 0 Å². The Morgan fingerprint density at radius 1 is 0.895 bits per heavy atom. The molecule has 3 rings (SSSR count). The number of rotatable bonds is 1. The van der Waals surface area contributed by atoms with E-state index in [1.54, 1.807) is 0 Å². The van der Waals surface area contributed by atoms with Gasteiger partial charge in [0.2, 0.25) is 0 Å². The second-order valence-corrected chi connectivity index (χ2v) is 5.44. The molecule has 0 radical (unpaired) electrons. The highest BCUT2D eigenvalue weighted by molar-refractivity contribution is 6.34. The molecule has 1 aliphatic rings. The van der Waals surface area contributed by atoms with E-state index < -0.39 is 0 Å². The van der Waals surface area contributed by atoms with E-state index in [2.05, 4.69) is 61.2 Å². The summed E-state index contributed by atoms with van der Waals surface area (Å²) in [6.45, 7) is 4.38. The van der Waals surface area contributed by atoms with Crippen LogP contribution in [-0.4, -0.2) is 6.04 Å². The van der Waals surface area contributed by atoms with Gasteiger partial charge in [-0.25, -0.2) is 0 Å². The summed E-state index contributed by atoms with van der Waals surface area (Å²) in [5.41, 5.74) is 4.70. The molecular formula is C17H16ClN. The van der Waals surface area contributed by atoms with Crippen molar-refractivity contribution in [3.8, 4) is 0 Å². The third kappa shape index (κ3) is 2.04. The summed E-state index contributed by atoms with van der Waals surface area (Å²) < 4.78 is 0. The molecule has 2 aromatic rings. The monoisotopic (exact) mass is 269 g/mol. The summed E-state index contributed by atoms with van der Waals surface area (Å²) in [6, 6.07) is 14.8. The van der Waals surface area contributed by atoms with Gasteiger partial charge in [0.05, 0.1) is 10.7 Å². The zero-order chi connectivity index (χ0) is 13.4. The smallest absolute Gasteiger partial charge is 0.0676 e. The largest absolute Gasteiger partial charge is 0.337 e. The van der Waals surface area contributed by atoms with Crippen molar-refractivity contribution in [1.82, 2.24) is 0 Å². The first-order chi connectivity index (χ1) is 9.18. The average molecular weight is 270 g/mol. The minimum atomic E-state index is 0.347. The van der Waals surface area contributed by atoms with Crippen LogP contribution in [0.1, 0.15) is 25.0 Å². The number of para-hydroxylation sites is 2. The van der Waals surface area contributed by atoms with Crippen molar-refractivity contribution in [3.63, 3.8) is 0 Å². The summed E-state index contributed by atoms with van der Waals surface area (Å²) in [7, 11) is 0. The van der Waals surface area contributed by atoms with Gasteiger partial charge in [0.1, 0.15) is 0 Å². The first-order valence-corrected chi connectivity index (χ1v) is 6.91. The van der Waals surface area contributed by atoms with E-state index in [4.69, 9.17) is 11.6 Å². The van der Waals surface area contributed by atoms with Gasteiger partial charge in [-0.05, 0) is 37.1 Å². The van der Waals surface area contributed by atoms with Crippen molar-refractivity contribution >= 4 is 35.1 Å². The number of nitrogens with zero attached hydrogens (tertiary/aromatic N) is 1. The van der Waals surface area contributed by atoms with Crippen LogP contribution in [-0.2, 0) is 0 Å². The Labute approximate surface area is 119 Å². The van der Waals surface area contributed by atoms with E-state index in [1.165, 1.54) is 11.3 Å². The second-order valence-electron chi connectivity index (χ2n) is 5.03. The molecule has 2 heteroatoms. The standard InChI is InChI=1S/C17H16ClN/c1-12(2)19-16-9-4-3-6-13(16)10-11-14-7-5-8-15(18)17(14)19/h3-12H,1-2H3. The van der Waals surface area contributed by atoms with Crippen molar-refractivity contribution < 1.29 is 0 Å². The van der Waals surface area contributed by atoms with Crippen molar-refractivity contribution in [2.24, 2.45) is 0 Å². The second kappa shape index (κ2) is 4.75. The highest BCUT2D eigenvalue weighted by Crippen LogP contribution is 2.41. The van der Waals surface area contributed by atoms with Crippen LogP contribution in [0.25, 0.3) is 12.2 Å². The van der Waals surface area contributed by atoms with Crippen LogP contribution in [0.2, 0.25) is 5.02 Å². The third-order valence-electron chi connectivity index (χ3n) is 3.41. The van der Waals surface area contributed by atoms with Gasteiger partial charge in [0.25, 0.3) is 0 Å². The first kappa shape index (κ1) is 12.3. The molecular weight excluding hydrogens is 254 g/mol. The van der Waals surface area contributed by atoms with Crippen LogP contribution in [0.5, 0.6) is 0 Å². The highest BCUT2D eigenvalue weighted by Gasteiger charge is 2.22. The Bertz CT molecular complexity index is 643. The Balaban J connectivity index is 2.32. The lowest BCUT2D eigenvalue weighted by atomic mass is 10.1. The lowest BCUT2D eigenvalue weighted by Gasteiger charge is -2.31. The normalized spacial score (nSPS) is 13.2. The molecule has 0 atom stereocenters. The Hall–Kier alpha value is -1.73. The summed E-state index contributed by atoms with van der Waals surface area (Å²) >= 11 is 6.44. The number of benzene rings is 2. The summed E-state index contributed by atoms with van der Waals surface area (Å²) in [5, 5.41) is 0.799. The maximum Gasteiger partial charge on any atom is 0.0676 e. The van der Waals surface area contributed by atoms with Gasteiger partial charge in [-0.1, -0.05) is 54.1 Å². The van der Waals surface area contributed by atoms with Crippen LogP contribution in [0.15, 0.2) is 42.5 Å². The van der Waals surface area contributed by atoms with Crippen molar-refractivity contribution in [2.75, 3.05) is 4.90 Å². The Kier molecular flexibility index (Phi) is 3.08. The van der Waals surface area contributed by atoms with Gasteiger partial charge in [0.15, 0.2) is 0 Å². The molecule has 1 nitrogen and oxygen atoms in total. The van der Waals surface area contributed by atoms with Gasteiger partial charge in [-0.15, -0.1) is 0 Å². The summed E-state index contributed by atoms with van der Waals surface area (Å²) in [4.78, 5) is 2.31. The van der Waals surface area contributed by atoms with Crippen LogP contribution in [0.4, 0.5) is 11.4 Å². The molecule has 0 spiro atoms. The molecule has 0 unspecified atom stereocenters. The molecule has 0 aliphatic carbocycles. The predicted molar refractivity (Wildman–Crippen MR) is 84.1 cm³/mol. The molecule has 0 bridgehead atoms. The van der Waals surface area contributed by atoms with Crippen LogP contribution in [0, 0.1) is 0 Å². The minimum absolute atomic E-state index is 0.347. The van der Waals surface area contributed by atoms with Crippen molar-refractivity contribution in [2.45, 2.75) is 19.9 Å². The van der Waals surface area contributed by atoms with Gasteiger partial charge >= 0.3 is 0 Å². The zero-order valence-corrected chi connectivity index (χ0v) is 11.9. The number of halogens is 1. The van der Waals surface area contributed by atoms with E-state index in [-0.39, 0.29) is 0 Å². The fraction of sp³-hybridized carbons (Fsp3) is 0.176. The van der Waals surface area contributed by atoms with E-state index in [9.17, 15) is 0 Å². The summed E-state index contributed by atoms with van der Waals surface area (Å²) in [5.74, 6) is 0. The first-order valence-electron chi connectivity index (χ1n) is 6.53. The lowest BCUT2D eigenvalue weighted by Crippen LogP contribution is -2.26. The van der Waals surface area contributed by atoms with E-state index in [0.29, 0.717) is 6.04 Å². The zero-order valence-electron chi connectivity index (χ0n) is 11.1. The maximum absolute atomic E-state index is 6.44. The molecule has 96 valence electrons. The Morgan fingerprint density at radius 2 is 1.58 bits per heavy atom. The molecule has 0 fully saturated rings. The van der Waals surface area contributed by atoms with Crippen LogP contribution >= 0.6 is 11.6 Å². The topological polar surface area (TPSA) is 3.24 Å².